The van der Waals surface area contributed by atoms with Crippen LogP contribution >= 0.6 is 15.9 Å². The molecule has 0 fully saturated rings. The first-order valence-corrected chi connectivity index (χ1v) is 6.14. The van der Waals surface area contributed by atoms with E-state index in [4.69, 9.17) is 4.74 Å². The van der Waals surface area contributed by atoms with Gasteiger partial charge in [0.1, 0.15) is 5.69 Å². The third-order valence-electron chi connectivity index (χ3n) is 2.37. The lowest BCUT2D eigenvalue weighted by atomic mass is 10.1. The molecule has 0 bridgehead atoms. The van der Waals surface area contributed by atoms with E-state index >= 15 is 0 Å². The van der Waals surface area contributed by atoms with Crippen molar-refractivity contribution >= 4 is 21.9 Å². The Morgan fingerprint density at radius 2 is 2.11 bits per heavy atom. The summed E-state index contributed by atoms with van der Waals surface area (Å²) < 4.78 is 5.16. The highest BCUT2D eigenvalue weighted by Crippen LogP contribution is 2.41. The molecule has 19 heavy (non-hydrogen) atoms. The van der Waals surface area contributed by atoms with Crippen molar-refractivity contribution in [2.24, 2.45) is 0 Å². The number of hydrogen-bond acceptors (Lipinski definition) is 6. The number of halogens is 1. The zero-order valence-electron chi connectivity index (χ0n) is 9.85. The van der Waals surface area contributed by atoms with Gasteiger partial charge in [-0.1, -0.05) is 0 Å². The molecule has 7 nitrogen and oxygen atoms in total. The standard InChI is InChI=1S/C11H10BrN3O4/c1-2-19-11(18)8-7(13-15-14-8)5-3-4-6(12)10(17)9(5)16/h3-4,16-17H,2H2,1H3,(H,13,14,15). The summed E-state index contributed by atoms with van der Waals surface area (Å²) >= 11 is 3.07. The van der Waals surface area contributed by atoms with Crippen LogP contribution in [0.25, 0.3) is 11.3 Å². The summed E-state index contributed by atoms with van der Waals surface area (Å²) in [5.41, 5.74) is 0.232. The highest BCUT2D eigenvalue weighted by atomic mass is 79.9. The van der Waals surface area contributed by atoms with Crippen LogP contribution in [0.5, 0.6) is 11.5 Å². The van der Waals surface area contributed by atoms with Gasteiger partial charge >= 0.3 is 5.97 Å². The fourth-order valence-electron chi connectivity index (χ4n) is 1.51. The lowest BCUT2D eigenvalue weighted by molar-refractivity contribution is 0.0520. The number of nitrogens with one attached hydrogen (secondary N) is 1. The maximum atomic E-state index is 11.7. The molecule has 0 radical (unpaired) electrons. The molecular formula is C11H10BrN3O4. The molecule has 0 saturated carbocycles. The summed E-state index contributed by atoms with van der Waals surface area (Å²) in [7, 11) is 0. The van der Waals surface area contributed by atoms with Crippen LogP contribution in [0.15, 0.2) is 16.6 Å². The fraction of sp³-hybridized carbons (Fsp3) is 0.182. The van der Waals surface area contributed by atoms with Gasteiger partial charge in [-0.05, 0) is 35.0 Å². The Hall–Kier alpha value is -2.09. The van der Waals surface area contributed by atoms with Crippen LogP contribution < -0.4 is 0 Å². The van der Waals surface area contributed by atoms with Gasteiger partial charge in [-0.15, -0.1) is 5.10 Å². The van der Waals surface area contributed by atoms with Crippen LogP contribution in [0.3, 0.4) is 0 Å². The molecule has 0 aliphatic carbocycles. The number of aromatic amines is 1. The van der Waals surface area contributed by atoms with Gasteiger partial charge in [0.15, 0.2) is 17.2 Å². The molecule has 1 aromatic heterocycles. The number of phenolic OH excluding ortho intramolecular Hbond substituents is 2. The van der Waals surface area contributed by atoms with Crippen molar-refractivity contribution in [3.05, 3.63) is 22.3 Å². The number of esters is 1. The van der Waals surface area contributed by atoms with Crippen molar-refractivity contribution in [1.29, 1.82) is 0 Å². The maximum Gasteiger partial charge on any atom is 0.361 e. The minimum atomic E-state index is -0.659. The maximum absolute atomic E-state index is 11.7. The summed E-state index contributed by atoms with van der Waals surface area (Å²) in [5.74, 6) is -1.39. The molecule has 2 aromatic rings. The number of aromatic hydroxyl groups is 2. The molecule has 0 amide bonds. The Kier molecular flexibility index (Phi) is 3.70. The van der Waals surface area contributed by atoms with Gasteiger partial charge in [-0.2, -0.15) is 10.3 Å². The highest BCUT2D eigenvalue weighted by molar-refractivity contribution is 9.10. The highest BCUT2D eigenvalue weighted by Gasteiger charge is 2.23. The average Bonchev–Trinajstić information content (AvgIpc) is 2.85. The van der Waals surface area contributed by atoms with E-state index < -0.39 is 11.7 Å². The minimum absolute atomic E-state index is 0.0566. The second kappa shape index (κ2) is 5.27. The van der Waals surface area contributed by atoms with Gasteiger partial charge in [-0.25, -0.2) is 4.79 Å². The molecule has 0 aliphatic heterocycles. The van der Waals surface area contributed by atoms with Crippen LogP contribution in [0.1, 0.15) is 17.4 Å². The van der Waals surface area contributed by atoms with Crippen LogP contribution in [-0.4, -0.2) is 38.2 Å². The summed E-state index contributed by atoms with van der Waals surface area (Å²) in [6, 6.07) is 3.02. The van der Waals surface area contributed by atoms with Crippen LogP contribution in [0, 0.1) is 0 Å². The molecule has 100 valence electrons. The molecule has 3 N–H and O–H groups in total. The van der Waals surface area contributed by atoms with Crippen LogP contribution in [0.4, 0.5) is 0 Å². The van der Waals surface area contributed by atoms with E-state index in [1.54, 1.807) is 6.92 Å². The summed E-state index contributed by atoms with van der Waals surface area (Å²) in [4.78, 5) is 11.7. The zero-order chi connectivity index (χ0) is 14.0. The largest absolute Gasteiger partial charge is 0.504 e. The third-order valence-corrected chi connectivity index (χ3v) is 3.01. The number of nitrogens with zero attached hydrogens (tertiary/aromatic N) is 2. The van der Waals surface area contributed by atoms with Crippen LogP contribution in [0.2, 0.25) is 0 Å². The molecule has 0 atom stereocenters. The average molecular weight is 328 g/mol. The first-order chi connectivity index (χ1) is 9.06. The van der Waals surface area contributed by atoms with E-state index in [0.717, 1.165) is 0 Å². The second-order valence-electron chi connectivity index (χ2n) is 3.53. The molecule has 2 rings (SSSR count). The van der Waals surface area contributed by atoms with Crippen molar-refractivity contribution < 1.29 is 19.7 Å². The molecule has 1 aromatic carbocycles. The molecular weight excluding hydrogens is 318 g/mol. The Morgan fingerprint density at radius 3 is 2.79 bits per heavy atom. The van der Waals surface area contributed by atoms with E-state index in [1.807, 2.05) is 0 Å². The predicted octanol–water partition coefficient (Wildman–Crippen LogP) is 1.82. The van der Waals surface area contributed by atoms with Gasteiger partial charge in [0, 0.05) is 0 Å². The number of benzene rings is 1. The second-order valence-corrected chi connectivity index (χ2v) is 4.39. The van der Waals surface area contributed by atoms with E-state index in [2.05, 4.69) is 31.3 Å². The predicted molar refractivity (Wildman–Crippen MR) is 68.8 cm³/mol. The first kappa shape index (κ1) is 13.3. The number of ether oxygens (including phenoxy) is 1. The number of carbonyl (C=O) groups is 1. The third kappa shape index (κ3) is 2.39. The summed E-state index contributed by atoms with van der Waals surface area (Å²) in [5, 5.41) is 29.3. The number of rotatable bonds is 3. The zero-order valence-corrected chi connectivity index (χ0v) is 11.4. The smallest absolute Gasteiger partial charge is 0.361 e. The molecule has 0 spiro atoms. The van der Waals surface area contributed by atoms with Crippen molar-refractivity contribution in [2.75, 3.05) is 6.61 Å². The monoisotopic (exact) mass is 327 g/mol. The fourth-order valence-corrected chi connectivity index (χ4v) is 1.83. The Labute approximate surface area is 116 Å². The molecule has 0 aliphatic rings. The molecule has 1 heterocycles. The van der Waals surface area contributed by atoms with E-state index in [1.165, 1.54) is 12.1 Å². The number of phenols is 2. The summed E-state index contributed by atoms with van der Waals surface area (Å²) in [6.45, 7) is 1.86. The van der Waals surface area contributed by atoms with Gasteiger partial charge in [0.25, 0.3) is 0 Å². The normalized spacial score (nSPS) is 10.4. The summed E-state index contributed by atoms with van der Waals surface area (Å²) in [6.07, 6.45) is 0. The number of aromatic nitrogens is 3. The van der Waals surface area contributed by atoms with E-state index in [-0.39, 0.29) is 29.3 Å². The van der Waals surface area contributed by atoms with Gasteiger partial charge in [0.2, 0.25) is 0 Å². The van der Waals surface area contributed by atoms with E-state index in [0.29, 0.717) is 4.47 Å². The molecule has 0 saturated heterocycles. The van der Waals surface area contributed by atoms with Gasteiger partial charge < -0.3 is 14.9 Å². The molecule has 8 heteroatoms. The first-order valence-electron chi connectivity index (χ1n) is 5.35. The van der Waals surface area contributed by atoms with Gasteiger partial charge in [0.05, 0.1) is 16.6 Å². The molecule has 0 unspecified atom stereocenters. The number of carbonyl (C=O) groups excluding carboxylic acids is 1. The number of H-pyrrole nitrogens is 1. The van der Waals surface area contributed by atoms with Crippen molar-refractivity contribution in [2.45, 2.75) is 6.92 Å². The quantitative estimate of drug-likeness (QED) is 0.586. The van der Waals surface area contributed by atoms with Crippen molar-refractivity contribution in [1.82, 2.24) is 15.4 Å². The van der Waals surface area contributed by atoms with Crippen molar-refractivity contribution in [3.63, 3.8) is 0 Å². The van der Waals surface area contributed by atoms with Crippen molar-refractivity contribution in [3.8, 4) is 22.8 Å². The Balaban J connectivity index is 2.52. The van der Waals surface area contributed by atoms with Gasteiger partial charge in [-0.3, -0.25) is 0 Å². The van der Waals surface area contributed by atoms with E-state index in [9.17, 15) is 15.0 Å². The Bertz CT molecular complexity index is 626. The topological polar surface area (TPSA) is 108 Å². The lowest BCUT2D eigenvalue weighted by Gasteiger charge is -2.06. The number of hydrogen-bond donors (Lipinski definition) is 3. The minimum Gasteiger partial charge on any atom is -0.504 e. The Morgan fingerprint density at radius 1 is 1.37 bits per heavy atom. The SMILES string of the molecule is CCOC(=O)c1n[nH]nc1-c1ccc(Br)c(O)c1O. The lowest BCUT2D eigenvalue weighted by Crippen LogP contribution is -2.06. The van der Waals surface area contributed by atoms with Crippen LogP contribution in [-0.2, 0) is 4.74 Å².